The Hall–Kier alpha value is -1.78. The highest BCUT2D eigenvalue weighted by Gasteiger charge is 2.10. The second-order valence-corrected chi connectivity index (χ2v) is 4.70. The van der Waals surface area contributed by atoms with Crippen LogP contribution in [0.3, 0.4) is 0 Å². The van der Waals surface area contributed by atoms with Gasteiger partial charge in [0.2, 0.25) is 5.91 Å². The smallest absolute Gasteiger partial charge is 0.248 e. The van der Waals surface area contributed by atoms with Crippen molar-refractivity contribution in [3.63, 3.8) is 0 Å². The maximum atomic E-state index is 11.0. The number of hydrogen-bond acceptors (Lipinski definition) is 3. The molecule has 0 radical (unpaired) electrons. The van der Waals surface area contributed by atoms with Crippen molar-refractivity contribution in [3.05, 3.63) is 58.5 Å². The van der Waals surface area contributed by atoms with Gasteiger partial charge in [-0.2, -0.15) is 0 Å². The van der Waals surface area contributed by atoms with E-state index in [2.05, 4.69) is 5.32 Å². The summed E-state index contributed by atoms with van der Waals surface area (Å²) in [5, 5.41) is 3.82. The van der Waals surface area contributed by atoms with Gasteiger partial charge < -0.3 is 15.5 Å². The molecule has 5 heteroatoms. The van der Waals surface area contributed by atoms with E-state index in [0.717, 1.165) is 11.3 Å². The molecule has 2 aromatic rings. The molecule has 3 N–H and O–H groups in total. The van der Waals surface area contributed by atoms with Gasteiger partial charge in [-0.1, -0.05) is 17.7 Å². The number of furan rings is 1. The van der Waals surface area contributed by atoms with Crippen LogP contribution >= 0.6 is 11.6 Å². The van der Waals surface area contributed by atoms with Crippen LogP contribution in [-0.4, -0.2) is 5.91 Å². The maximum absolute atomic E-state index is 11.0. The number of benzene rings is 1. The van der Waals surface area contributed by atoms with E-state index in [1.807, 2.05) is 19.1 Å². The molecule has 0 saturated carbocycles. The zero-order valence-electron chi connectivity index (χ0n) is 10.5. The van der Waals surface area contributed by atoms with E-state index < -0.39 is 5.91 Å². The topological polar surface area (TPSA) is 68.3 Å². The molecule has 4 nitrogen and oxygen atoms in total. The molecular formula is C14H15ClN2O2. The van der Waals surface area contributed by atoms with E-state index in [9.17, 15) is 4.79 Å². The molecule has 1 heterocycles. The number of carbonyl (C=O) groups is 1. The van der Waals surface area contributed by atoms with Crippen molar-refractivity contribution < 1.29 is 9.21 Å². The van der Waals surface area contributed by atoms with Crippen molar-refractivity contribution in [1.82, 2.24) is 5.32 Å². The van der Waals surface area contributed by atoms with E-state index in [1.165, 1.54) is 0 Å². The minimum atomic E-state index is -0.481. The number of nitrogens with two attached hydrogens (primary N) is 1. The summed E-state index contributed by atoms with van der Waals surface area (Å²) in [4.78, 5) is 11.0. The van der Waals surface area contributed by atoms with Crippen LogP contribution in [0.15, 0.2) is 41.0 Å². The number of primary amides is 1. The van der Waals surface area contributed by atoms with Crippen molar-refractivity contribution in [1.29, 1.82) is 0 Å². The lowest BCUT2D eigenvalue weighted by atomic mass is 10.1. The molecule has 1 aromatic heterocycles. The van der Waals surface area contributed by atoms with Gasteiger partial charge in [-0.25, -0.2) is 0 Å². The maximum Gasteiger partial charge on any atom is 0.248 e. The molecule has 100 valence electrons. The lowest BCUT2D eigenvalue weighted by molar-refractivity contribution is 0.100. The summed E-state index contributed by atoms with van der Waals surface area (Å²) in [6.07, 6.45) is 1.64. The molecule has 0 aliphatic rings. The van der Waals surface area contributed by atoms with Crippen LogP contribution in [-0.2, 0) is 6.54 Å². The van der Waals surface area contributed by atoms with Crippen LogP contribution in [0.25, 0.3) is 0 Å². The SMILES string of the molecule is CC(NCc1ccc(C(N)=O)cc1Cl)c1ccco1. The number of amides is 1. The van der Waals surface area contributed by atoms with Gasteiger partial charge in [0.15, 0.2) is 0 Å². The Morgan fingerprint density at radius 1 is 1.47 bits per heavy atom. The Kier molecular flexibility index (Phi) is 4.24. The molecule has 1 atom stereocenters. The predicted molar refractivity (Wildman–Crippen MR) is 73.9 cm³/mol. The molecule has 0 spiro atoms. The Balaban J connectivity index is 2.02. The molecule has 0 aliphatic heterocycles. The van der Waals surface area contributed by atoms with Crippen LogP contribution in [0.1, 0.15) is 34.6 Å². The van der Waals surface area contributed by atoms with E-state index in [0.29, 0.717) is 17.1 Å². The summed E-state index contributed by atoms with van der Waals surface area (Å²) in [6.45, 7) is 2.59. The molecular weight excluding hydrogens is 264 g/mol. The van der Waals surface area contributed by atoms with Crippen molar-refractivity contribution in [2.24, 2.45) is 5.73 Å². The van der Waals surface area contributed by atoms with Gasteiger partial charge in [-0.3, -0.25) is 4.79 Å². The summed E-state index contributed by atoms with van der Waals surface area (Å²) < 4.78 is 5.31. The largest absolute Gasteiger partial charge is 0.468 e. The van der Waals surface area contributed by atoms with E-state index in [4.69, 9.17) is 21.8 Å². The lowest BCUT2D eigenvalue weighted by Gasteiger charge is -2.12. The van der Waals surface area contributed by atoms with Crippen molar-refractivity contribution in [2.45, 2.75) is 19.5 Å². The molecule has 1 aromatic carbocycles. The minimum Gasteiger partial charge on any atom is -0.468 e. The van der Waals surface area contributed by atoms with Gasteiger partial charge in [-0.05, 0) is 36.8 Å². The first kappa shape index (κ1) is 13.6. The van der Waals surface area contributed by atoms with Crippen LogP contribution in [0.2, 0.25) is 5.02 Å². The predicted octanol–water partition coefficient (Wildman–Crippen LogP) is 2.88. The van der Waals surface area contributed by atoms with Crippen LogP contribution < -0.4 is 11.1 Å². The van der Waals surface area contributed by atoms with Gasteiger partial charge in [0, 0.05) is 17.1 Å². The fraction of sp³-hybridized carbons (Fsp3) is 0.214. The first-order valence-electron chi connectivity index (χ1n) is 5.93. The minimum absolute atomic E-state index is 0.0851. The van der Waals surface area contributed by atoms with E-state index in [1.54, 1.807) is 24.5 Å². The van der Waals surface area contributed by atoms with E-state index in [-0.39, 0.29) is 6.04 Å². The normalized spacial score (nSPS) is 12.3. The van der Waals surface area contributed by atoms with Crippen molar-refractivity contribution >= 4 is 17.5 Å². The molecule has 0 aliphatic carbocycles. The number of halogens is 1. The summed E-state index contributed by atoms with van der Waals surface area (Å²) in [6, 6.07) is 8.89. The van der Waals surface area contributed by atoms with Crippen LogP contribution in [0.4, 0.5) is 0 Å². The second kappa shape index (κ2) is 5.91. The third-order valence-corrected chi connectivity index (χ3v) is 3.26. The summed E-state index contributed by atoms with van der Waals surface area (Å²) in [5.74, 6) is 0.384. The zero-order chi connectivity index (χ0) is 13.8. The second-order valence-electron chi connectivity index (χ2n) is 4.29. The average Bonchev–Trinajstić information content (AvgIpc) is 2.90. The third-order valence-electron chi connectivity index (χ3n) is 2.91. The summed E-state index contributed by atoms with van der Waals surface area (Å²) >= 11 is 6.11. The third kappa shape index (κ3) is 3.36. The monoisotopic (exact) mass is 278 g/mol. The Labute approximate surface area is 116 Å². The first-order valence-corrected chi connectivity index (χ1v) is 6.30. The fourth-order valence-corrected chi connectivity index (χ4v) is 1.99. The zero-order valence-corrected chi connectivity index (χ0v) is 11.3. The highest BCUT2D eigenvalue weighted by molar-refractivity contribution is 6.31. The number of carbonyl (C=O) groups excluding carboxylic acids is 1. The van der Waals surface area contributed by atoms with E-state index >= 15 is 0 Å². The van der Waals surface area contributed by atoms with Gasteiger partial charge in [0.05, 0.1) is 12.3 Å². The molecule has 2 rings (SSSR count). The quantitative estimate of drug-likeness (QED) is 0.884. The van der Waals surface area contributed by atoms with Gasteiger partial charge in [-0.15, -0.1) is 0 Å². The highest BCUT2D eigenvalue weighted by atomic mass is 35.5. The van der Waals surface area contributed by atoms with Gasteiger partial charge in [0.25, 0.3) is 0 Å². The standard InChI is InChI=1S/C14H15ClN2O2/c1-9(13-3-2-6-19-13)17-8-11-5-4-10(14(16)18)7-12(11)15/h2-7,9,17H,8H2,1H3,(H2,16,18). The first-order chi connectivity index (χ1) is 9.08. The molecule has 1 unspecified atom stereocenters. The molecule has 0 bridgehead atoms. The number of nitrogens with one attached hydrogen (secondary N) is 1. The van der Waals surface area contributed by atoms with Crippen molar-refractivity contribution in [2.75, 3.05) is 0 Å². The Morgan fingerprint density at radius 2 is 2.26 bits per heavy atom. The lowest BCUT2D eigenvalue weighted by Crippen LogP contribution is -2.18. The molecule has 1 amide bonds. The summed E-state index contributed by atoms with van der Waals surface area (Å²) in [5.41, 5.74) is 6.51. The molecule has 0 saturated heterocycles. The highest BCUT2D eigenvalue weighted by Crippen LogP contribution is 2.19. The average molecular weight is 279 g/mol. The van der Waals surface area contributed by atoms with Gasteiger partial charge >= 0.3 is 0 Å². The van der Waals surface area contributed by atoms with Gasteiger partial charge in [0.1, 0.15) is 5.76 Å². The Bertz CT molecular complexity index is 567. The summed E-state index contributed by atoms with van der Waals surface area (Å²) in [7, 11) is 0. The number of hydrogen-bond donors (Lipinski definition) is 2. The van der Waals surface area contributed by atoms with Crippen LogP contribution in [0.5, 0.6) is 0 Å². The van der Waals surface area contributed by atoms with Crippen molar-refractivity contribution in [3.8, 4) is 0 Å². The molecule has 19 heavy (non-hydrogen) atoms. The van der Waals surface area contributed by atoms with Crippen LogP contribution in [0, 0.1) is 0 Å². The fourth-order valence-electron chi connectivity index (χ4n) is 1.75. The number of rotatable bonds is 5. The molecule has 0 fully saturated rings. The Morgan fingerprint density at radius 3 is 2.84 bits per heavy atom.